The molecule has 32 heavy (non-hydrogen) atoms. The minimum atomic E-state index is -0.692. The van der Waals surface area contributed by atoms with Crippen molar-refractivity contribution in [1.29, 1.82) is 0 Å². The quantitative estimate of drug-likeness (QED) is 0.479. The minimum absolute atomic E-state index is 0.0467. The molecule has 0 aromatic heterocycles. The van der Waals surface area contributed by atoms with Crippen LogP contribution in [0.15, 0.2) is 24.3 Å². The lowest BCUT2D eigenvalue weighted by atomic mass is 9.98. The van der Waals surface area contributed by atoms with Gasteiger partial charge in [-0.1, -0.05) is 38.3 Å². The average molecular weight is 441 g/mol. The molecule has 2 heterocycles. The minimum Gasteiger partial charge on any atom is -0.356 e. The second-order valence-corrected chi connectivity index (χ2v) is 9.14. The van der Waals surface area contributed by atoms with E-state index in [1.54, 1.807) is 4.90 Å². The van der Waals surface area contributed by atoms with Gasteiger partial charge in [-0.15, -0.1) is 0 Å². The van der Waals surface area contributed by atoms with Crippen molar-refractivity contribution in [3.63, 3.8) is 0 Å². The Bertz CT molecular complexity index is 892. The van der Waals surface area contributed by atoms with Crippen molar-refractivity contribution in [2.75, 3.05) is 24.5 Å². The lowest BCUT2D eigenvalue weighted by molar-refractivity contribution is -0.131. The molecular weight excluding hydrogens is 408 g/mol. The van der Waals surface area contributed by atoms with Gasteiger partial charge in [0.15, 0.2) is 0 Å². The third kappa shape index (κ3) is 4.36. The zero-order valence-corrected chi connectivity index (χ0v) is 18.7. The largest absolute Gasteiger partial charge is 0.356 e. The second-order valence-electron chi connectivity index (χ2n) is 9.14. The number of imide groups is 1. The first-order valence-corrected chi connectivity index (χ1v) is 11.7. The van der Waals surface area contributed by atoms with Crippen molar-refractivity contribution >= 4 is 29.4 Å². The van der Waals surface area contributed by atoms with Gasteiger partial charge in [0, 0.05) is 31.7 Å². The molecule has 1 saturated carbocycles. The van der Waals surface area contributed by atoms with Crippen LogP contribution in [0.25, 0.3) is 0 Å². The number of hydrogen-bond donors (Lipinski definition) is 2. The molecule has 8 heteroatoms. The summed E-state index contributed by atoms with van der Waals surface area (Å²) in [5.41, 5.74) is 1.37. The van der Waals surface area contributed by atoms with Gasteiger partial charge in [0.25, 0.3) is 5.91 Å². The Hall–Kier alpha value is -2.90. The predicted octanol–water partition coefficient (Wildman–Crippen LogP) is 2.36. The molecule has 0 unspecified atom stereocenters. The Morgan fingerprint density at radius 3 is 2.56 bits per heavy atom. The molecule has 2 N–H and O–H groups in total. The van der Waals surface area contributed by atoms with Gasteiger partial charge in [-0.3, -0.25) is 19.3 Å². The highest BCUT2D eigenvalue weighted by Crippen LogP contribution is 2.35. The number of hydrogen-bond acceptors (Lipinski definition) is 4. The highest BCUT2D eigenvalue weighted by molar-refractivity contribution is 6.07. The maximum absolute atomic E-state index is 12.7. The van der Waals surface area contributed by atoms with Crippen LogP contribution in [0.5, 0.6) is 0 Å². The maximum Gasteiger partial charge on any atom is 0.325 e. The van der Waals surface area contributed by atoms with E-state index in [0.29, 0.717) is 32.4 Å². The van der Waals surface area contributed by atoms with Gasteiger partial charge in [-0.25, -0.2) is 4.79 Å². The summed E-state index contributed by atoms with van der Waals surface area (Å²) >= 11 is 0. The van der Waals surface area contributed by atoms with E-state index in [-0.39, 0.29) is 36.7 Å². The highest BCUT2D eigenvalue weighted by Gasteiger charge is 2.52. The number of nitrogens with zero attached hydrogens (tertiary/aromatic N) is 2. The summed E-state index contributed by atoms with van der Waals surface area (Å²) in [6.07, 6.45) is 6.08. The van der Waals surface area contributed by atoms with Gasteiger partial charge in [0.1, 0.15) is 5.54 Å². The molecule has 3 aliphatic rings. The molecule has 4 rings (SSSR count). The summed E-state index contributed by atoms with van der Waals surface area (Å²) < 4.78 is 0. The molecule has 2 saturated heterocycles. The monoisotopic (exact) mass is 440 g/mol. The zero-order valence-electron chi connectivity index (χ0n) is 18.7. The first-order valence-electron chi connectivity index (χ1n) is 11.7. The van der Waals surface area contributed by atoms with E-state index in [4.69, 9.17) is 0 Å². The molecule has 8 nitrogen and oxygen atoms in total. The number of urea groups is 1. The third-order valence-electron chi connectivity index (χ3n) is 6.84. The second kappa shape index (κ2) is 9.30. The van der Waals surface area contributed by atoms with E-state index in [9.17, 15) is 19.2 Å². The van der Waals surface area contributed by atoms with E-state index < -0.39 is 11.5 Å². The number of benzene rings is 1. The molecule has 1 atom stereocenters. The van der Waals surface area contributed by atoms with Gasteiger partial charge >= 0.3 is 6.03 Å². The van der Waals surface area contributed by atoms with Crippen LogP contribution in [0, 0.1) is 5.92 Å². The topological polar surface area (TPSA) is 98.8 Å². The predicted molar refractivity (Wildman–Crippen MR) is 120 cm³/mol. The first kappa shape index (κ1) is 22.3. The standard InChI is InChI=1S/C24H32N4O4/c1-2-6-17-7-9-19(10-8-17)28-16-18(15-20(28)29)21(30)25-13-5-14-27-22(31)24(26-23(27)32)11-3-4-12-24/h7-10,18H,2-6,11-16H2,1H3,(H,25,30)(H,26,32)/t18-/m0/s1. The smallest absolute Gasteiger partial charge is 0.325 e. The van der Waals surface area contributed by atoms with Crippen LogP contribution >= 0.6 is 0 Å². The molecule has 0 radical (unpaired) electrons. The SMILES string of the molecule is CCCc1ccc(N2C[C@@H](C(=O)NCCCN3C(=O)NC4(CCCC4)C3=O)CC2=O)cc1. The Labute approximate surface area is 188 Å². The summed E-state index contributed by atoms with van der Waals surface area (Å²) in [5, 5.41) is 5.74. The van der Waals surface area contributed by atoms with Crippen molar-refractivity contribution in [2.24, 2.45) is 5.92 Å². The normalized spacial score (nSPS) is 22.2. The molecule has 1 aromatic carbocycles. The molecule has 3 fully saturated rings. The Kier molecular flexibility index (Phi) is 6.48. The number of rotatable bonds is 8. The molecule has 1 aliphatic carbocycles. The van der Waals surface area contributed by atoms with Gasteiger partial charge in [-0.2, -0.15) is 0 Å². The lowest BCUT2D eigenvalue weighted by Crippen LogP contribution is -2.44. The molecular formula is C24H32N4O4. The molecule has 5 amide bonds. The van der Waals surface area contributed by atoms with E-state index in [1.165, 1.54) is 10.5 Å². The van der Waals surface area contributed by atoms with Gasteiger partial charge in [0.05, 0.1) is 5.92 Å². The fraction of sp³-hybridized carbons (Fsp3) is 0.583. The van der Waals surface area contributed by atoms with Crippen molar-refractivity contribution in [2.45, 2.75) is 63.8 Å². The van der Waals surface area contributed by atoms with Crippen LogP contribution in [0.2, 0.25) is 0 Å². The van der Waals surface area contributed by atoms with Crippen LogP contribution in [0.4, 0.5) is 10.5 Å². The molecule has 1 aromatic rings. The van der Waals surface area contributed by atoms with Gasteiger partial charge < -0.3 is 15.5 Å². The van der Waals surface area contributed by atoms with Crippen molar-refractivity contribution in [3.8, 4) is 0 Å². The number of nitrogens with one attached hydrogen (secondary N) is 2. The van der Waals surface area contributed by atoms with Crippen LogP contribution < -0.4 is 15.5 Å². The lowest BCUT2D eigenvalue weighted by Gasteiger charge is -2.20. The summed E-state index contributed by atoms with van der Waals surface area (Å²) in [4.78, 5) is 52.9. The summed E-state index contributed by atoms with van der Waals surface area (Å²) in [6.45, 7) is 3.14. The fourth-order valence-electron chi connectivity index (χ4n) is 5.05. The van der Waals surface area contributed by atoms with E-state index >= 15 is 0 Å². The zero-order chi connectivity index (χ0) is 22.7. The summed E-state index contributed by atoms with van der Waals surface area (Å²) in [7, 11) is 0. The van der Waals surface area contributed by atoms with Crippen molar-refractivity contribution < 1.29 is 19.2 Å². The molecule has 1 spiro atoms. The van der Waals surface area contributed by atoms with Crippen molar-refractivity contribution in [1.82, 2.24) is 15.5 Å². The number of anilines is 1. The van der Waals surface area contributed by atoms with Crippen LogP contribution in [-0.4, -0.2) is 53.8 Å². The molecule has 0 bridgehead atoms. The summed E-state index contributed by atoms with van der Waals surface area (Å²) in [5.74, 6) is -0.730. The van der Waals surface area contributed by atoms with E-state index in [2.05, 4.69) is 17.6 Å². The fourth-order valence-corrected chi connectivity index (χ4v) is 5.05. The van der Waals surface area contributed by atoms with Gasteiger partial charge in [-0.05, 0) is 43.4 Å². The summed E-state index contributed by atoms with van der Waals surface area (Å²) in [6, 6.07) is 7.62. The first-order chi connectivity index (χ1) is 15.4. The Morgan fingerprint density at radius 2 is 1.88 bits per heavy atom. The van der Waals surface area contributed by atoms with E-state index in [0.717, 1.165) is 31.4 Å². The van der Waals surface area contributed by atoms with Crippen molar-refractivity contribution in [3.05, 3.63) is 29.8 Å². The number of aryl methyl sites for hydroxylation is 1. The van der Waals surface area contributed by atoms with Gasteiger partial charge in [0.2, 0.25) is 11.8 Å². The van der Waals surface area contributed by atoms with Crippen LogP contribution in [0.1, 0.15) is 57.4 Å². The Balaban J connectivity index is 1.23. The number of carbonyl (C=O) groups excluding carboxylic acids is 4. The molecule has 2 aliphatic heterocycles. The number of carbonyl (C=O) groups is 4. The average Bonchev–Trinajstić information content (AvgIpc) is 3.46. The van der Waals surface area contributed by atoms with Crippen LogP contribution in [-0.2, 0) is 20.8 Å². The highest BCUT2D eigenvalue weighted by atomic mass is 16.2. The molecule has 172 valence electrons. The van der Waals surface area contributed by atoms with Crippen LogP contribution in [0.3, 0.4) is 0 Å². The number of amides is 5. The maximum atomic E-state index is 12.7. The van der Waals surface area contributed by atoms with E-state index in [1.807, 2.05) is 24.3 Å². The third-order valence-corrected chi connectivity index (χ3v) is 6.84. The Morgan fingerprint density at radius 1 is 1.16 bits per heavy atom.